The number of carbonyl (C=O) groups excluding carboxylic acids is 1. The van der Waals surface area contributed by atoms with E-state index in [9.17, 15) is 4.79 Å². The Bertz CT molecular complexity index is 966. The molecule has 29 heavy (non-hydrogen) atoms. The van der Waals surface area contributed by atoms with E-state index in [-0.39, 0.29) is 12.1 Å². The van der Waals surface area contributed by atoms with Crippen LogP contribution in [0.15, 0.2) is 54.6 Å². The van der Waals surface area contributed by atoms with Gasteiger partial charge in [0, 0.05) is 17.8 Å². The molecule has 2 N–H and O–H groups in total. The minimum absolute atomic E-state index is 0.135. The monoisotopic (exact) mass is 392 g/mol. The highest BCUT2D eigenvalue weighted by atomic mass is 16.5. The minimum atomic E-state index is -0.217. The number of urea groups is 1. The van der Waals surface area contributed by atoms with Crippen LogP contribution in [0, 0.1) is 13.8 Å². The van der Waals surface area contributed by atoms with Crippen molar-refractivity contribution in [3.05, 3.63) is 77.1 Å². The SMILES string of the molecule is CCOc1cccc(C(C)NC(=O)NCc2c(C)nn(-c3ccccc3)c2C)c1. The average Bonchev–Trinajstić information content (AvgIpc) is 3.01. The van der Waals surface area contributed by atoms with Crippen molar-refractivity contribution in [2.45, 2.75) is 40.3 Å². The second kappa shape index (κ2) is 9.28. The number of benzene rings is 2. The number of hydrogen-bond donors (Lipinski definition) is 2. The first kappa shape index (κ1) is 20.5. The first-order valence-electron chi connectivity index (χ1n) is 9.87. The second-order valence-corrected chi connectivity index (χ2v) is 6.95. The van der Waals surface area contributed by atoms with Gasteiger partial charge >= 0.3 is 6.03 Å². The summed E-state index contributed by atoms with van der Waals surface area (Å²) in [7, 11) is 0. The summed E-state index contributed by atoms with van der Waals surface area (Å²) in [5.74, 6) is 0.804. The standard InChI is InChI=1S/C23H28N4O2/c1-5-29-21-13-9-10-19(14-21)16(2)25-23(28)24-15-22-17(3)26-27(18(22)4)20-11-7-6-8-12-20/h6-14,16H,5,15H2,1-4H3,(H2,24,25,28). The Morgan fingerprint density at radius 2 is 1.90 bits per heavy atom. The molecular formula is C23H28N4O2. The predicted octanol–water partition coefficient (Wildman–Crippen LogP) is 4.45. The fourth-order valence-electron chi connectivity index (χ4n) is 3.29. The lowest BCUT2D eigenvalue weighted by Crippen LogP contribution is -2.36. The van der Waals surface area contributed by atoms with Crippen LogP contribution in [0.25, 0.3) is 5.69 Å². The third-order valence-electron chi connectivity index (χ3n) is 4.88. The Kier molecular flexibility index (Phi) is 6.54. The summed E-state index contributed by atoms with van der Waals surface area (Å²) >= 11 is 0. The summed E-state index contributed by atoms with van der Waals surface area (Å²) in [5.41, 5.74) is 4.95. The van der Waals surface area contributed by atoms with Crippen molar-refractivity contribution in [3.63, 3.8) is 0 Å². The van der Waals surface area contributed by atoms with Crippen LogP contribution in [0.3, 0.4) is 0 Å². The molecule has 0 aliphatic rings. The Morgan fingerprint density at radius 3 is 2.62 bits per heavy atom. The number of rotatable bonds is 7. The molecule has 0 saturated heterocycles. The van der Waals surface area contributed by atoms with E-state index in [0.29, 0.717) is 13.2 Å². The van der Waals surface area contributed by atoms with Crippen LogP contribution < -0.4 is 15.4 Å². The average molecular weight is 393 g/mol. The number of aromatic nitrogens is 2. The summed E-state index contributed by atoms with van der Waals surface area (Å²) in [4.78, 5) is 12.4. The summed E-state index contributed by atoms with van der Waals surface area (Å²) in [6.07, 6.45) is 0. The maximum atomic E-state index is 12.4. The molecule has 0 bridgehead atoms. The number of aryl methyl sites for hydroxylation is 1. The highest BCUT2D eigenvalue weighted by Gasteiger charge is 2.15. The summed E-state index contributed by atoms with van der Waals surface area (Å²) in [6.45, 7) is 8.91. The molecule has 0 radical (unpaired) electrons. The zero-order valence-electron chi connectivity index (χ0n) is 17.4. The topological polar surface area (TPSA) is 68.2 Å². The van der Waals surface area contributed by atoms with Crippen LogP contribution in [0.5, 0.6) is 5.75 Å². The largest absolute Gasteiger partial charge is 0.494 e. The van der Waals surface area contributed by atoms with E-state index in [0.717, 1.165) is 34.0 Å². The van der Waals surface area contributed by atoms with Crippen molar-refractivity contribution >= 4 is 6.03 Å². The van der Waals surface area contributed by atoms with Crippen LogP contribution in [0.1, 0.15) is 42.4 Å². The third kappa shape index (κ3) is 4.96. The number of ether oxygens (including phenoxy) is 1. The fourth-order valence-corrected chi connectivity index (χ4v) is 3.29. The first-order valence-corrected chi connectivity index (χ1v) is 9.87. The maximum Gasteiger partial charge on any atom is 0.315 e. The van der Waals surface area contributed by atoms with Gasteiger partial charge in [0.05, 0.1) is 24.0 Å². The number of carbonyl (C=O) groups is 1. The molecule has 3 aromatic rings. The maximum absolute atomic E-state index is 12.4. The summed E-state index contributed by atoms with van der Waals surface area (Å²) in [6, 6.07) is 17.4. The molecule has 1 unspecified atom stereocenters. The highest BCUT2D eigenvalue weighted by Crippen LogP contribution is 2.20. The van der Waals surface area contributed by atoms with E-state index < -0.39 is 0 Å². The molecule has 3 rings (SSSR count). The van der Waals surface area contributed by atoms with Gasteiger partial charge in [-0.1, -0.05) is 30.3 Å². The van der Waals surface area contributed by atoms with Gasteiger partial charge in [0.1, 0.15) is 5.75 Å². The van der Waals surface area contributed by atoms with Gasteiger partial charge in [0.15, 0.2) is 0 Å². The van der Waals surface area contributed by atoms with Gasteiger partial charge in [0.25, 0.3) is 0 Å². The van der Waals surface area contributed by atoms with Gasteiger partial charge < -0.3 is 15.4 Å². The van der Waals surface area contributed by atoms with E-state index in [1.807, 2.05) is 87.0 Å². The van der Waals surface area contributed by atoms with Crippen molar-refractivity contribution in [1.29, 1.82) is 0 Å². The van der Waals surface area contributed by atoms with Crippen molar-refractivity contribution in [2.75, 3.05) is 6.61 Å². The molecule has 0 aliphatic heterocycles. The van der Waals surface area contributed by atoms with Crippen molar-refractivity contribution in [2.24, 2.45) is 0 Å². The van der Waals surface area contributed by atoms with Crippen LogP contribution in [-0.2, 0) is 6.54 Å². The predicted molar refractivity (Wildman–Crippen MR) is 114 cm³/mol. The molecule has 6 nitrogen and oxygen atoms in total. The van der Waals surface area contributed by atoms with Crippen LogP contribution in [0.2, 0.25) is 0 Å². The van der Waals surface area contributed by atoms with Gasteiger partial charge in [-0.2, -0.15) is 5.10 Å². The first-order chi connectivity index (χ1) is 14.0. The molecule has 0 fully saturated rings. The molecule has 152 valence electrons. The Balaban J connectivity index is 1.62. The summed E-state index contributed by atoms with van der Waals surface area (Å²) < 4.78 is 7.44. The third-order valence-corrected chi connectivity index (χ3v) is 4.88. The Morgan fingerprint density at radius 1 is 1.14 bits per heavy atom. The number of nitrogens with zero attached hydrogens (tertiary/aromatic N) is 2. The van der Waals surface area contributed by atoms with Gasteiger partial charge in [-0.3, -0.25) is 0 Å². The van der Waals surface area contributed by atoms with Crippen molar-refractivity contribution < 1.29 is 9.53 Å². The van der Waals surface area contributed by atoms with Crippen LogP contribution in [0.4, 0.5) is 4.79 Å². The Hall–Kier alpha value is -3.28. The molecule has 1 aromatic heterocycles. The Labute approximate surface area is 171 Å². The zero-order valence-corrected chi connectivity index (χ0v) is 17.4. The molecule has 0 saturated carbocycles. The quantitative estimate of drug-likeness (QED) is 0.624. The fraction of sp³-hybridized carbons (Fsp3) is 0.304. The lowest BCUT2D eigenvalue weighted by molar-refractivity contribution is 0.237. The normalized spacial score (nSPS) is 11.7. The van der Waals surface area contributed by atoms with Gasteiger partial charge in [-0.15, -0.1) is 0 Å². The number of amides is 2. The van der Waals surface area contributed by atoms with E-state index in [2.05, 4.69) is 15.7 Å². The molecule has 6 heteroatoms. The minimum Gasteiger partial charge on any atom is -0.494 e. The van der Waals surface area contributed by atoms with Gasteiger partial charge in [-0.25, -0.2) is 9.48 Å². The van der Waals surface area contributed by atoms with Crippen molar-refractivity contribution in [3.8, 4) is 11.4 Å². The molecule has 2 aromatic carbocycles. The van der Waals surface area contributed by atoms with Gasteiger partial charge in [0.2, 0.25) is 0 Å². The molecule has 2 amide bonds. The zero-order chi connectivity index (χ0) is 20.8. The highest BCUT2D eigenvalue weighted by molar-refractivity contribution is 5.74. The van der Waals surface area contributed by atoms with Crippen LogP contribution >= 0.6 is 0 Å². The lowest BCUT2D eigenvalue weighted by atomic mass is 10.1. The van der Waals surface area contributed by atoms with E-state index >= 15 is 0 Å². The molecule has 0 aliphatic carbocycles. The second-order valence-electron chi connectivity index (χ2n) is 6.95. The lowest BCUT2D eigenvalue weighted by Gasteiger charge is -2.16. The summed E-state index contributed by atoms with van der Waals surface area (Å²) in [5, 5.41) is 10.6. The molecular weight excluding hydrogens is 364 g/mol. The van der Waals surface area contributed by atoms with Gasteiger partial charge in [-0.05, 0) is 57.5 Å². The number of para-hydroxylation sites is 1. The number of hydrogen-bond acceptors (Lipinski definition) is 3. The van der Waals surface area contributed by atoms with E-state index in [4.69, 9.17) is 4.74 Å². The van der Waals surface area contributed by atoms with Crippen molar-refractivity contribution in [1.82, 2.24) is 20.4 Å². The van der Waals surface area contributed by atoms with E-state index in [1.165, 1.54) is 0 Å². The van der Waals surface area contributed by atoms with E-state index in [1.54, 1.807) is 0 Å². The number of nitrogens with one attached hydrogen (secondary N) is 2. The van der Waals surface area contributed by atoms with Crippen LogP contribution in [-0.4, -0.2) is 22.4 Å². The molecule has 1 atom stereocenters. The molecule has 1 heterocycles. The smallest absolute Gasteiger partial charge is 0.315 e. The molecule has 0 spiro atoms.